The molecule has 0 aliphatic carbocycles. The molecule has 2 heterocycles. The zero-order chi connectivity index (χ0) is 10.7. The third kappa shape index (κ3) is 1.89. The molecule has 0 aliphatic rings. The fraction of sp³-hybridized carbons (Fsp3) is 0.300. The number of aromatic nitrogens is 2. The van der Waals surface area contributed by atoms with Crippen LogP contribution in [0, 0.1) is 18.3 Å². The monoisotopic (exact) mass is 203 g/mol. The number of nitriles is 1. The minimum atomic E-state index is 0.381. The van der Waals surface area contributed by atoms with Crippen LogP contribution in [0.4, 0.5) is 0 Å². The van der Waals surface area contributed by atoms with Gasteiger partial charge in [0.05, 0.1) is 17.9 Å². The Morgan fingerprint density at radius 1 is 1.53 bits per heavy atom. The van der Waals surface area contributed by atoms with Gasteiger partial charge < -0.3 is 8.94 Å². The molecule has 0 saturated carbocycles. The Hall–Kier alpha value is -2.09. The molecule has 2 rings (SSSR count). The lowest BCUT2D eigenvalue weighted by atomic mass is 10.2. The molecule has 76 valence electrons. The fourth-order valence-corrected chi connectivity index (χ4v) is 1.25. The molecule has 5 heteroatoms. The van der Waals surface area contributed by atoms with Crippen molar-refractivity contribution < 1.29 is 8.94 Å². The first-order chi connectivity index (χ1) is 7.31. The van der Waals surface area contributed by atoms with Gasteiger partial charge in [0, 0.05) is 12.8 Å². The van der Waals surface area contributed by atoms with Crippen LogP contribution in [-0.4, -0.2) is 10.1 Å². The lowest BCUT2D eigenvalue weighted by molar-refractivity contribution is 0.380. The quantitative estimate of drug-likeness (QED) is 0.763. The van der Waals surface area contributed by atoms with Gasteiger partial charge in [-0.15, -0.1) is 0 Å². The van der Waals surface area contributed by atoms with Crippen LogP contribution in [0.5, 0.6) is 0 Å². The summed E-state index contributed by atoms with van der Waals surface area (Å²) in [4.78, 5) is 4.16. The Bertz CT molecular complexity index is 493. The Kier molecular flexibility index (Phi) is 2.50. The highest BCUT2D eigenvalue weighted by atomic mass is 16.5. The van der Waals surface area contributed by atoms with Crippen molar-refractivity contribution in [3.05, 3.63) is 24.0 Å². The maximum absolute atomic E-state index is 8.41. The molecule has 0 saturated heterocycles. The highest BCUT2D eigenvalue weighted by Gasteiger charge is 2.12. The standard InChI is InChI=1S/C10H9N3O2/c1-7-8(4-6-14-7)10-12-9(15-13-10)3-2-5-11/h4,6H,2-3H2,1H3. The summed E-state index contributed by atoms with van der Waals surface area (Å²) in [5.41, 5.74) is 0.821. The maximum atomic E-state index is 8.41. The maximum Gasteiger partial charge on any atom is 0.227 e. The fourth-order valence-electron chi connectivity index (χ4n) is 1.25. The summed E-state index contributed by atoms with van der Waals surface area (Å²) in [6.07, 6.45) is 2.45. The van der Waals surface area contributed by atoms with Gasteiger partial charge in [0.2, 0.25) is 11.7 Å². The number of rotatable bonds is 3. The molecular formula is C10H9N3O2. The van der Waals surface area contributed by atoms with Crippen molar-refractivity contribution in [1.29, 1.82) is 5.26 Å². The van der Waals surface area contributed by atoms with Gasteiger partial charge in [-0.3, -0.25) is 0 Å². The molecular weight excluding hydrogens is 194 g/mol. The van der Waals surface area contributed by atoms with Crippen LogP contribution in [0.2, 0.25) is 0 Å². The largest absolute Gasteiger partial charge is 0.469 e. The van der Waals surface area contributed by atoms with Crippen LogP contribution >= 0.6 is 0 Å². The lowest BCUT2D eigenvalue weighted by Gasteiger charge is -1.87. The van der Waals surface area contributed by atoms with Crippen molar-refractivity contribution in [2.75, 3.05) is 0 Å². The molecule has 2 aromatic rings. The molecule has 0 atom stereocenters. The molecule has 0 N–H and O–H groups in total. The number of hydrogen-bond acceptors (Lipinski definition) is 5. The summed E-state index contributed by atoms with van der Waals surface area (Å²) in [7, 11) is 0. The van der Waals surface area contributed by atoms with Crippen LogP contribution in [0.25, 0.3) is 11.4 Å². The molecule has 0 spiro atoms. The van der Waals surface area contributed by atoms with Crippen molar-refractivity contribution >= 4 is 0 Å². The minimum absolute atomic E-state index is 0.381. The molecule has 5 nitrogen and oxygen atoms in total. The highest BCUT2D eigenvalue weighted by Crippen LogP contribution is 2.21. The number of furan rings is 1. The molecule has 0 amide bonds. The van der Waals surface area contributed by atoms with Gasteiger partial charge in [0.15, 0.2) is 0 Å². The average molecular weight is 203 g/mol. The van der Waals surface area contributed by atoms with Crippen molar-refractivity contribution in [3.8, 4) is 17.5 Å². The number of aryl methyl sites for hydroxylation is 2. The van der Waals surface area contributed by atoms with Crippen molar-refractivity contribution in [3.63, 3.8) is 0 Å². The molecule has 2 aromatic heterocycles. The number of hydrogen-bond donors (Lipinski definition) is 0. The zero-order valence-electron chi connectivity index (χ0n) is 8.23. The second kappa shape index (κ2) is 3.96. The van der Waals surface area contributed by atoms with Crippen LogP contribution in [0.1, 0.15) is 18.1 Å². The van der Waals surface area contributed by atoms with E-state index in [1.165, 1.54) is 0 Å². The first-order valence-corrected chi connectivity index (χ1v) is 4.55. The highest BCUT2D eigenvalue weighted by molar-refractivity contribution is 5.55. The van der Waals surface area contributed by atoms with E-state index in [2.05, 4.69) is 10.1 Å². The molecule has 0 radical (unpaired) electrons. The van der Waals surface area contributed by atoms with Gasteiger partial charge in [0.1, 0.15) is 5.76 Å². The summed E-state index contributed by atoms with van der Waals surface area (Å²) in [5.74, 6) is 1.74. The van der Waals surface area contributed by atoms with E-state index >= 15 is 0 Å². The van der Waals surface area contributed by atoms with E-state index < -0.39 is 0 Å². The first-order valence-electron chi connectivity index (χ1n) is 4.55. The lowest BCUT2D eigenvalue weighted by Crippen LogP contribution is -1.84. The Morgan fingerprint density at radius 2 is 2.40 bits per heavy atom. The second-order valence-electron chi connectivity index (χ2n) is 3.06. The predicted molar refractivity (Wildman–Crippen MR) is 50.7 cm³/mol. The molecule has 0 unspecified atom stereocenters. The van der Waals surface area contributed by atoms with Crippen LogP contribution in [0.15, 0.2) is 21.3 Å². The Labute approximate surface area is 86.3 Å². The van der Waals surface area contributed by atoms with Crippen molar-refractivity contribution in [1.82, 2.24) is 10.1 Å². The first kappa shape index (κ1) is 9.46. The van der Waals surface area contributed by atoms with Gasteiger partial charge in [0.25, 0.3) is 0 Å². The van der Waals surface area contributed by atoms with Gasteiger partial charge in [-0.25, -0.2) is 0 Å². The van der Waals surface area contributed by atoms with E-state index in [9.17, 15) is 0 Å². The van der Waals surface area contributed by atoms with Crippen LogP contribution in [0.3, 0.4) is 0 Å². The summed E-state index contributed by atoms with van der Waals surface area (Å²) >= 11 is 0. The molecule has 0 aromatic carbocycles. The number of nitrogens with zero attached hydrogens (tertiary/aromatic N) is 3. The van der Waals surface area contributed by atoms with Gasteiger partial charge >= 0.3 is 0 Å². The van der Waals surface area contributed by atoms with E-state index in [1.807, 2.05) is 13.0 Å². The SMILES string of the molecule is Cc1occc1-c1noc(CCC#N)n1. The third-order valence-corrected chi connectivity index (χ3v) is 2.02. The van der Waals surface area contributed by atoms with E-state index in [0.29, 0.717) is 24.6 Å². The normalized spacial score (nSPS) is 10.1. The second-order valence-corrected chi connectivity index (χ2v) is 3.06. The van der Waals surface area contributed by atoms with Crippen LogP contribution < -0.4 is 0 Å². The minimum Gasteiger partial charge on any atom is -0.469 e. The van der Waals surface area contributed by atoms with E-state index in [1.54, 1.807) is 12.3 Å². The van der Waals surface area contributed by atoms with E-state index in [4.69, 9.17) is 14.2 Å². The topological polar surface area (TPSA) is 75.8 Å². The van der Waals surface area contributed by atoms with Crippen LogP contribution in [-0.2, 0) is 6.42 Å². The van der Waals surface area contributed by atoms with E-state index in [0.717, 1.165) is 11.3 Å². The van der Waals surface area contributed by atoms with Crippen molar-refractivity contribution in [2.24, 2.45) is 0 Å². The smallest absolute Gasteiger partial charge is 0.227 e. The summed E-state index contributed by atoms with van der Waals surface area (Å²) in [6.45, 7) is 1.83. The molecule has 15 heavy (non-hydrogen) atoms. The molecule has 0 bridgehead atoms. The summed E-state index contributed by atoms with van der Waals surface area (Å²) in [5, 5.41) is 12.2. The zero-order valence-corrected chi connectivity index (χ0v) is 8.23. The average Bonchev–Trinajstić information content (AvgIpc) is 2.83. The van der Waals surface area contributed by atoms with Gasteiger partial charge in [-0.1, -0.05) is 5.16 Å². The predicted octanol–water partition coefficient (Wildman–Crippen LogP) is 2.09. The third-order valence-electron chi connectivity index (χ3n) is 2.02. The Morgan fingerprint density at radius 3 is 3.07 bits per heavy atom. The Balaban J connectivity index is 2.21. The molecule has 0 aliphatic heterocycles. The van der Waals surface area contributed by atoms with Gasteiger partial charge in [-0.05, 0) is 13.0 Å². The van der Waals surface area contributed by atoms with Gasteiger partial charge in [-0.2, -0.15) is 10.2 Å². The molecule has 0 fully saturated rings. The summed E-state index contributed by atoms with van der Waals surface area (Å²) in [6, 6.07) is 3.81. The van der Waals surface area contributed by atoms with Crippen molar-refractivity contribution in [2.45, 2.75) is 19.8 Å². The van der Waals surface area contributed by atoms with E-state index in [-0.39, 0.29) is 0 Å². The summed E-state index contributed by atoms with van der Waals surface area (Å²) < 4.78 is 10.1.